The second-order valence-electron chi connectivity index (χ2n) is 3.34. The standard InChI is InChI=1S/C10H6N6/c1-6-14-9-5-12-4-8-13-3-7(2-11)10(15-6)16(8)9/h3-5H,1H3. The van der Waals surface area contributed by atoms with Crippen molar-refractivity contribution in [1.82, 2.24) is 4.90 Å². The van der Waals surface area contributed by atoms with Crippen LogP contribution in [0, 0.1) is 11.3 Å². The summed E-state index contributed by atoms with van der Waals surface area (Å²) in [6.07, 6.45) is 4.73. The van der Waals surface area contributed by atoms with Crippen LogP contribution in [-0.2, 0) is 0 Å². The zero-order chi connectivity index (χ0) is 11.1. The van der Waals surface area contributed by atoms with Crippen LogP contribution in [0.4, 0.5) is 0 Å². The Morgan fingerprint density at radius 2 is 2.19 bits per heavy atom. The highest BCUT2D eigenvalue weighted by Gasteiger charge is 2.29. The summed E-state index contributed by atoms with van der Waals surface area (Å²) in [5.74, 6) is 2.45. The van der Waals surface area contributed by atoms with E-state index in [1.807, 2.05) is 0 Å². The molecule has 0 saturated carbocycles. The first-order valence-corrected chi connectivity index (χ1v) is 4.65. The van der Waals surface area contributed by atoms with Gasteiger partial charge in [0.05, 0.1) is 18.6 Å². The van der Waals surface area contributed by atoms with Crippen molar-refractivity contribution < 1.29 is 0 Å². The third-order valence-electron chi connectivity index (χ3n) is 2.28. The molecule has 16 heavy (non-hydrogen) atoms. The van der Waals surface area contributed by atoms with E-state index in [-0.39, 0.29) is 0 Å². The van der Waals surface area contributed by atoms with Gasteiger partial charge in [0.1, 0.15) is 17.5 Å². The summed E-state index contributed by atoms with van der Waals surface area (Å²) in [4.78, 5) is 18.4. The van der Waals surface area contributed by atoms with E-state index in [1.54, 1.807) is 24.2 Å². The predicted molar refractivity (Wildman–Crippen MR) is 60.1 cm³/mol. The van der Waals surface area contributed by atoms with Crippen molar-refractivity contribution in [3.05, 3.63) is 23.4 Å². The zero-order valence-electron chi connectivity index (χ0n) is 8.42. The maximum absolute atomic E-state index is 8.99. The molecule has 0 saturated heterocycles. The lowest BCUT2D eigenvalue weighted by Gasteiger charge is -2.30. The van der Waals surface area contributed by atoms with Gasteiger partial charge in [0.15, 0.2) is 17.5 Å². The third-order valence-corrected chi connectivity index (χ3v) is 2.28. The minimum Gasteiger partial charge on any atom is -0.259 e. The number of nitrogens with zero attached hydrogens (tertiary/aromatic N) is 6. The van der Waals surface area contributed by atoms with Gasteiger partial charge in [-0.1, -0.05) is 0 Å². The predicted octanol–water partition coefficient (Wildman–Crippen LogP) is 0.822. The fourth-order valence-electron chi connectivity index (χ4n) is 1.63. The van der Waals surface area contributed by atoms with Crippen molar-refractivity contribution in [1.29, 1.82) is 5.26 Å². The first-order chi connectivity index (χ1) is 7.79. The molecular formula is C10H6N6. The van der Waals surface area contributed by atoms with Crippen LogP contribution >= 0.6 is 0 Å². The Hall–Kier alpha value is -2.55. The second kappa shape index (κ2) is 2.97. The Morgan fingerprint density at radius 1 is 1.31 bits per heavy atom. The number of hydrogen-bond donors (Lipinski definition) is 0. The molecule has 0 amide bonds. The van der Waals surface area contributed by atoms with E-state index in [0.29, 0.717) is 28.9 Å². The fourth-order valence-corrected chi connectivity index (χ4v) is 1.63. The van der Waals surface area contributed by atoms with Crippen LogP contribution in [0.25, 0.3) is 0 Å². The number of nitriles is 1. The smallest absolute Gasteiger partial charge is 0.161 e. The molecule has 0 aromatic rings. The number of amidine groups is 2. The molecule has 3 aliphatic heterocycles. The van der Waals surface area contributed by atoms with E-state index in [0.717, 1.165) is 0 Å². The molecule has 3 rings (SSSR count). The Balaban J connectivity index is 2.28. The second-order valence-corrected chi connectivity index (χ2v) is 3.34. The quantitative estimate of drug-likeness (QED) is 0.593. The molecule has 76 valence electrons. The molecule has 0 radical (unpaired) electrons. The minimum absolute atomic E-state index is 0.430. The monoisotopic (exact) mass is 210 g/mol. The minimum atomic E-state index is 0.430. The van der Waals surface area contributed by atoms with Crippen molar-refractivity contribution in [2.45, 2.75) is 6.92 Å². The first kappa shape index (κ1) is 8.73. The van der Waals surface area contributed by atoms with Crippen LogP contribution < -0.4 is 0 Å². The molecule has 0 aromatic heterocycles. The summed E-state index contributed by atoms with van der Waals surface area (Å²) in [5, 5.41) is 8.99. The van der Waals surface area contributed by atoms with Gasteiger partial charge in [0, 0.05) is 0 Å². The van der Waals surface area contributed by atoms with Gasteiger partial charge in [-0.05, 0) is 6.92 Å². The van der Waals surface area contributed by atoms with Gasteiger partial charge in [-0.15, -0.1) is 0 Å². The molecule has 0 bridgehead atoms. The molecule has 0 aromatic carbocycles. The Labute approximate surface area is 91.4 Å². The Bertz CT molecular complexity index is 593. The molecule has 0 fully saturated rings. The largest absolute Gasteiger partial charge is 0.259 e. The van der Waals surface area contributed by atoms with Gasteiger partial charge < -0.3 is 0 Å². The van der Waals surface area contributed by atoms with Crippen molar-refractivity contribution >= 4 is 24.1 Å². The maximum Gasteiger partial charge on any atom is 0.161 e. The zero-order valence-corrected chi connectivity index (χ0v) is 8.42. The number of hydrogen-bond acceptors (Lipinski definition) is 6. The summed E-state index contributed by atoms with van der Waals surface area (Å²) in [7, 11) is 0. The molecule has 3 aliphatic rings. The van der Waals surface area contributed by atoms with Gasteiger partial charge in [-0.3, -0.25) is 9.89 Å². The van der Waals surface area contributed by atoms with Gasteiger partial charge in [-0.25, -0.2) is 15.0 Å². The highest BCUT2D eigenvalue weighted by atomic mass is 15.4. The molecule has 3 heterocycles. The maximum atomic E-state index is 8.99. The van der Waals surface area contributed by atoms with Crippen LogP contribution in [0.5, 0.6) is 0 Å². The molecule has 0 atom stereocenters. The molecular weight excluding hydrogens is 204 g/mol. The van der Waals surface area contributed by atoms with Crippen molar-refractivity contribution in [2.75, 3.05) is 0 Å². The van der Waals surface area contributed by atoms with E-state index in [2.05, 4.69) is 26.0 Å². The molecule has 0 unspecified atom stereocenters. The van der Waals surface area contributed by atoms with E-state index in [9.17, 15) is 0 Å². The van der Waals surface area contributed by atoms with Crippen LogP contribution in [0.3, 0.4) is 0 Å². The first-order valence-electron chi connectivity index (χ1n) is 4.65. The fraction of sp³-hybridized carbons (Fsp3) is 0.100. The average molecular weight is 210 g/mol. The summed E-state index contributed by atoms with van der Waals surface area (Å²) in [5.41, 5.74) is 0.430. The molecule has 6 heteroatoms. The van der Waals surface area contributed by atoms with Crippen LogP contribution in [-0.4, -0.2) is 29.0 Å². The normalized spacial score (nSPS) is 21.0. The van der Waals surface area contributed by atoms with Gasteiger partial charge in [0.25, 0.3) is 0 Å². The van der Waals surface area contributed by atoms with Crippen molar-refractivity contribution in [3.8, 4) is 6.07 Å². The molecule has 6 nitrogen and oxygen atoms in total. The lowest BCUT2D eigenvalue weighted by Crippen LogP contribution is -2.37. The number of rotatable bonds is 0. The lowest BCUT2D eigenvalue weighted by atomic mass is 10.2. The van der Waals surface area contributed by atoms with Crippen LogP contribution in [0.2, 0.25) is 0 Å². The average Bonchev–Trinajstić information content (AvgIpc) is 2.29. The number of aliphatic imine (C=N–C) groups is 4. The van der Waals surface area contributed by atoms with E-state index >= 15 is 0 Å². The lowest BCUT2D eigenvalue weighted by molar-refractivity contribution is 0.599. The summed E-state index contributed by atoms with van der Waals surface area (Å²) in [6.45, 7) is 1.78. The summed E-state index contributed by atoms with van der Waals surface area (Å²) >= 11 is 0. The van der Waals surface area contributed by atoms with E-state index < -0.39 is 0 Å². The Morgan fingerprint density at radius 3 is 3.00 bits per heavy atom. The highest BCUT2D eigenvalue weighted by Crippen LogP contribution is 2.27. The molecule has 0 N–H and O–H groups in total. The van der Waals surface area contributed by atoms with Crippen LogP contribution in [0.15, 0.2) is 43.4 Å². The van der Waals surface area contributed by atoms with E-state index in [4.69, 9.17) is 5.26 Å². The van der Waals surface area contributed by atoms with Gasteiger partial charge in [0.2, 0.25) is 0 Å². The summed E-state index contributed by atoms with van der Waals surface area (Å²) in [6, 6.07) is 2.07. The van der Waals surface area contributed by atoms with Gasteiger partial charge >= 0.3 is 0 Å². The third kappa shape index (κ3) is 1.05. The molecule has 0 spiro atoms. The van der Waals surface area contributed by atoms with Crippen molar-refractivity contribution in [3.63, 3.8) is 0 Å². The molecule has 0 aliphatic carbocycles. The Kier molecular flexibility index (Phi) is 1.62. The SMILES string of the molecule is CC1=NC2=C(C#N)C=NC3=CN=CC(=N1)N32. The van der Waals surface area contributed by atoms with Crippen molar-refractivity contribution in [2.24, 2.45) is 20.0 Å². The highest BCUT2D eigenvalue weighted by molar-refractivity contribution is 6.34. The summed E-state index contributed by atoms with van der Waals surface area (Å²) < 4.78 is 0. The van der Waals surface area contributed by atoms with Crippen LogP contribution in [0.1, 0.15) is 6.92 Å². The topological polar surface area (TPSA) is 76.5 Å². The number of allylic oxidation sites excluding steroid dienone is 1. The van der Waals surface area contributed by atoms with Gasteiger partial charge in [-0.2, -0.15) is 5.26 Å². The van der Waals surface area contributed by atoms with E-state index in [1.165, 1.54) is 6.21 Å².